The minimum absolute atomic E-state index is 0.101. The van der Waals surface area contributed by atoms with Crippen LogP contribution in [0, 0.1) is 5.82 Å². The first-order chi connectivity index (χ1) is 9.47. The van der Waals surface area contributed by atoms with E-state index in [0.717, 1.165) is 11.8 Å². The molecular weight excluding hydrogens is 281 g/mol. The maximum atomic E-state index is 13.9. The molecule has 6 heteroatoms. The second kappa shape index (κ2) is 5.83. The number of rotatable bonds is 4. The van der Waals surface area contributed by atoms with E-state index in [0.29, 0.717) is 15.4 Å². The van der Waals surface area contributed by atoms with Crippen molar-refractivity contribution in [2.75, 3.05) is 0 Å². The summed E-state index contributed by atoms with van der Waals surface area (Å²) in [6.07, 6.45) is 1.35. The third-order valence-corrected chi connectivity index (χ3v) is 3.56. The van der Waals surface area contributed by atoms with Crippen molar-refractivity contribution < 1.29 is 19.1 Å². The van der Waals surface area contributed by atoms with Crippen LogP contribution in [0.1, 0.15) is 27.8 Å². The van der Waals surface area contributed by atoms with Crippen molar-refractivity contribution in [2.45, 2.75) is 16.7 Å². The third-order valence-electron chi connectivity index (χ3n) is 2.52. The summed E-state index contributed by atoms with van der Waals surface area (Å²) >= 11 is 1.08. The first kappa shape index (κ1) is 14.2. The van der Waals surface area contributed by atoms with E-state index in [1.54, 1.807) is 6.07 Å². The van der Waals surface area contributed by atoms with Gasteiger partial charge in [0.25, 0.3) is 0 Å². The number of carbonyl (C=O) groups excluding carboxylic acids is 1. The Bertz CT molecular complexity index is 688. The van der Waals surface area contributed by atoms with Gasteiger partial charge in [0.15, 0.2) is 5.78 Å². The fourth-order valence-corrected chi connectivity index (χ4v) is 2.37. The Morgan fingerprint density at radius 2 is 2.00 bits per heavy atom. The average molecular weight is 291 g/mol. The van der Waals surface area contributed by atoms with Crippen molar-refractivity contribution in [3.63, 3.8) is 0 Å². The summed E-state index contributed by atoms with van der Waals surface area (Å²) in [5, 5.41) is 8.84. The highest BCUT2D eigenvalue weighted by atomic mass is 32.2. The Labute approximate surface area is 118 Å². The maximum Gasteiger partial charge on any atom is 0.354 e. The van der Waals surface area contributed by atoms with Crippen LogP contribution < -0.4 is 0 Å². The van der Waals surface area contributed by atoms with Crippen LogP contribution in [0.2, 0.25) is 0 Å². The first-order valence-electron chi connectivity index (χ1n) is 5.65. The normalized spacial score (nSPS) is 10.3. The Kier molecular flexibility index (Phi) is 4.14. The van der Waals surface area contributed by atoms with E-state index in [1.165, 1.54) is 37.4 Å². The molecule has 0 spiro atoms. The Morgan fingerprint density at radius 1 is 1.25 bits per heavy atom. The number of ketones is 1. The van der Waals surface area contributed by atoms with Crippen molar-refractivity contribution in [2.24, 2.45) is 0 Å². The van der Waals surface area contributed by atoms with Gasteiger partial charge in [-0.3, -0.25) is 4.79 Å². The number of carbonyl (C=O) groups is 2. The summed E-state index contributed by atoms with van der Waals surface area (Å²) in [6, 6.07) is 7.16. The number of nitrogens with zero attached hydrogens (tertiary/aromatic N) is 1. The summed E-state index contributed by atoms with van der Waals surface area (Å²) in [4.78, 5) is 26.5. The molecular formula is C14H10FNO3S. The summed E-state index contributed by atoms with van der Waals surface area (Å²) in [5.41, 5.74) is 0.198. The molecule has 2 aromatic rings. The molecule has 1 aromatic carbocycles. The SMILES string of the molecule is CC(=O)c1ccc(Sc2ccnc(C(=O)O)c2)c(F)c1. The van der Waals surface area contributed by atoms with Crippen LogP contribution in [0.3, 0.4) is 0 Å². The monoisotopic (exact) mass is 291 g/mol. The molecule has 20 heavy (non-hydrogen) atoms. The number of hydrogen-bond acceptors (Lipinski definition) is 4. The minimum atomic E-state index is -1.14. The van der Waals surface area contributed by atoms with Gasteiger partial charge in [-0.15, -0.1) is 0 Å². The fraction of sp³-hybridized carbons (Fsp3) is 0.0714. The predicted octanol–water partition coefficient (Wildman–Crippen LogP) is 3.27. The van der Waals surface area contributed by atoms with Crippen LogP contribution in [-0.4, -0.2) is 21.8 Å². The predicted molar refractivity (Wildman–Crippen MR) is 71.7 cm³/mol. The Hall–Kier alpha value is -2.21. The minimum Gasteiger partial charge on any atom is -0.477 e. The molecule has 0 fully saturated rings. The third kappa shape index (κ3) is 3.21. The average Bonchev–Trinajstić information content (AvgIpc) is 2.41. The van der Waals surface area contributed by atoms with Crippen LogP contribution in [0.4, 0.5) is 4.39 Å². The quantitative estimate of drug-likeness (QED) is 0.876. The van der Waals surface area contributed by atoms with E-state index >= 15 is 0 Å². The number of Topliss-reactive ketones (excluding diaryl/α,β-unsaturated/α-hetero) is 1. The first-order valence-corrected chi connectivity index (χ1v) is 6.46. The summed E-state index contributed by atoms with van der Waals surface area (Å²) in [6.45, 7) is 1.36. The number of pyridine rings is 1. The van der Waals surface area contributed by atoms with Crippen molar-refractivity contribution in [1.29, 1.82) is 0 Å². The molecule has 0 amide bonds. The van der Waals surface area contributed by atoms with E-state index in [1.807, 2.05) is 0 Å². The van der Waals surface area contributed by atoms with E-state index in [-0.39, 0.29) is 11.5 Å². The lowest BCUT2D eigenvalue weighted by Crippen LogP contribution is -1.99. The highest BCUT2D eigenvalue weighted by Gasteiger charge is 2.10. The molecule has 2 rings (SSSR count). The van der Waals surface area contributed by atoms with Gasteiger partial charge >= 0.3 is 5.97 Å². The Morgan fingerprint density at radius 3 is 2.60 bits per heavy atom. The second-order valence-electron chi connectivity index (χ2n) is 3.99. The fourth-order valence-electron chi connectivity index (χ4n) is 1.52. The van der Waals surface area contributed by atoms with Crippen LogP contribution in [-0.2, 0) is 0 Å². The van der Waals surface area contributed by atoms with Gasteiger partial charge in [0.1, 0.15) is 11.5 Å². The van der Waals surface area contributed by atoms with Crippen molar-refractivity contribution in [1.82, 2.24) is 4.98 Å². The van der Waals surface area contributed by atoms with Gasteiger partial charge in [-0.1, -0.05) is 17.8 Å². The summed E-state index contributed by atoms with van der Waals surface area (Å²) < 4.78 is 13.9. The zero-order valence-electron chi connectivity index (χ0n) is 10.5. The highest BCUT2D eigenvalue weighted by Crippen LogP contribution is 2.30. The van der Waals surface area contributed by atoms with Crippen molar-refractivity contribution >= 4 is 23.5 Å². The lowest BCUT2D eigenvalue weighted by molar-refractivity contribution is 0.0690. The largest absolute Gasteiger partial charge is 0.477 e. The van der Waals surface area contributed by atoms with E-state index in [4.69, 9.17) is 5.11 Å². The summed E-state index contributed by atoms with van der Waals surface area (Å²) in [7, 11) is 0. The molecule has 0 atom stereocenters. The molecule has 1 heterocycles. The van der Waals surface area contributed by atoms with Crippen molar-refractivity contribution in [3.8, 4) is 0 Å². The lowest BCUT2D eigenvalue weighted by atomic mass is 10.1. The molecule has 0 aliphatic carbocycles. The van der Waals surface area contributed by atoms with Crippen LogP contribution >= 0.6 is 11.8 Å². The standard InChI is InChI=1S/C14H10FNO3S/c1-8(17)9-2-3-13(11(15)6-9)20-10-4-5-16-12(7-10)14(18)19/h2-7H,1H3,(H,18,19). The molecule has 102 valence electrons. The van der Waals surface area contributed by atoms with Gasteiger partial charge in [0, 0.05) is 21.6 Å². The topological polar surface area (TPSA) is 67.3 Å². The Balaban J connectivity index is 2.28. The van der Waals surface area contributed by atoms with Gasteiger partial charge in [-0.2, -0.15) is 0 Å². The van der Waals surface area contributed by atoms with E-state index < -0.39 is 11.8 Å². The van der Waals surface area contributed by atoms with Gasteiger partial charge < -0.3 is 5.11 Å². The smallest absolute Gasteiger partial charge is 0.354 e. The van der Waals surface area contributed by atoms with E-state index in [2.05, 4.69) is 4.98 Å². The lowest BCUT2D eigenvalue weighted by Gasteiger charge is -2.05. The number of carboxylic acid groups (broad SMARTS) is 1. The number of halogens is 1. The molecule has 0 bridgehead atoms. The number of hydrogen-bond donors (Lipinski definition) is 1. The molecule has 0 aliphatic rings. The number of aromatic nitrogens is 1. The molecule has 0 aliphatic heterocycles. The van der Waals surface area contributed by atoms with Gasteiger partial charge in [0.05, 0.1) is 0 Å². The number of aromatic carboxylic acids is 1. The van der Waals surface area contributed by atoms with Gasteiger partial charge in [0.2, 0.25) is 0 Å². The molecule has 0 saturated carbocycles. The maximum absolute atomic E-state index is 13.9. The highest BCUT2D eigenvalue weighted by molar-refractivity contribution is 7.99. The molecule has 0 unspecified atom stereocenters. The van der Waals surface area contributed by atoms with Crippen LogP contribution in [0.5, 0.6) is 0 Å². The zero-order valence-corrected chi connectivity index (χ0v) is 11.3. The zero-order chi connectivity index (χ0) is 14.7. The van der Waals surface area contributed by atoms with Gasteiger partial charge in [-0.25, -0.2) is 14.2 Å². The molecule has 1 aromatic heterocycles. The molecule has 0 radical (unpaired) electrons. The van der Waals surface area contributed by atoms with Crippen molar-refractivity contribution in [3.05, 3.63) is 53.6 Å². The number of carboxylic acids is 1. The van der Waals surface area contributed by atoms with Crippen LogP contribution in [0.15, 0.2) is 46.3 Å². The molecule has 1 N–H and O–H groups in total. The number of benzene rings is 1. The molecule has 0 saturated heterocycles. The van der Waals surface area contributed by atoms with E-state index in [9.17, 15) is 14.0 Å². The van der Waals surface area contributed by atoms with Crippen LogP contribution in [0.25, 0.3) is 0 Å². The summed E-state index contributed by atoms with van der Waals surface area (Å²) in [5.74, 6) is -1.87. The van der Waals surface area contributed by atoms with Gasteiger partial charge in [-0.05, 0) is 31.2 Å². The second-order valence-corrected chi connectivity index (χ2v) is 5.10. The molecule has 4 nitrogen and oxygen atoms in total.